The number of rotatable bonds is 2. The molecule has 3 atom stereocenters. The minimum Gasteiger partial charge on any atom is -0.388 e. The van der Waals surface area contributed by atoms with Crippen LogP contribution in [0.1, 0.15) is 0 Å². The Morgan fingerprint density at radius 1 is 1.18 bits per heavy atom. The Balaban J connectivity index is 2.45. The molecule has 1 fully saturated rings. The van der Waals surface area contributed by atoms with Crippen molar-refractivity contribution in [3.05, 3.63) is 0 Å². The third-order valence-electron chi connectivity index (χ3n) is 1.63. The summed E-state index contributed by atoms with van der Waals surface area (Å²) in [6.07, 6.45) is -1.41. The topological polar surface area (TPSA) is 38.7 Å². The van der Waals surface area contributed by atoms with Gasteiger partial charge in [0.05, 0.1) is 11.8 Å². The number of aliphatic hydroxyl groups excluding tert-OH is 1. The van der Waals surface area contributed by atoms with Crippen molar-refractivity contribution in [2.75, 3.05) is 18.6 Å². The Kier molecular flexibility index (Phi) is 3.89. The normalized spacial score (nSPS) is 39.0. The second-order valence-electron chi connectivity index (χ2n) is 2.33. The zero-order valence-electron chi connectivity index (χ0n) is 5.87. The molecule has 0 aromatic heterocycles. The van der Waals surface area contributed by atoms with Crippen LogP contribution in [-0.2, 0) is 9.47 Å². The van der Waals surface area contributed by atoms with Crippen molar-refractivity contribution in [2.45, 2.75) is 18.3 Å². The third-order valence-corrected chi connectivity index (χ3v) is 2.24. The van der Waals surface area contributed by atoms with Gasteiger partial charge < -0.3 is 14.6 Å². The van der Waals surface area contributed by atoms with E-state index in [4.69, 9.17) is 32.7 Å². The van der Waals surface area contributed by atoms with Gasteiger partial charge in [0.2, 0.25) is 0 Å². The summed E-state index contributed by atoms with van der Waals surface area (Å²) in [5.74, 6) is 0.524. The van der Waals surface area contributed by atoms with Gasteiger partial charge in [-0.1, -0.05) is 0 Å². The highest BCUT2D eigenvalue weighted by Gasteiger charge is 2.32. The Labute approximate surface area is 75.2 Å². The Morgan fingerprint density at radius 3 is 2.00 bits per heavy atom. The van der Waals surface area contributed by atoms with Gasteiger partial charge in [-0.15, -0.1) is 23.2 Å². The van der Waals surface area contributed by atoms with Gasteiger partial charge in [-0.25, -0.2) is 0 Å². The first-order valence-corrected chi connectivity index (χ1v) is 4.39. The SMILES string of the molecule is OC1[C@H](CCl)OCO[C@@H]1CCl. The number of hydrogen-bond donors (Lipinski definition) is 1. The van der Waals surface area contributed by atoms with E-state index < -0.39 is 6.10 Å². The molecule has 1 unspecified atom stereocenters. The monoisotopic (exact) mass is 200 g/mol. The van der Waals surface area contributed by atoms with Crippen LogP contribution in [0, 0.1) is 0 Å². The molecule has 66 valence electrons. The van der Waals surface area contributed by atoms with Crippen LogP contribution in [0.5, 0.6) is 0 Å². The molecular formula is C6H10Cl2O3. The van der Waals surface area contributed by atoms with Crippen molar-refractivity contribution in [1.29, 1.82) is 0 Å². The quantitative estimate of drug-likeness (QED) is 0.663. The van der Waals surface area contributed by atoms with E-state index in [2.05, 4.69) is 0 Å². The van der Waals surface area contributed by atoms with E-state index in [-0.39, 0.29) is 30.8 Å². The molecule has 0 spiro atoms. The second kappa shape index (κ2) is 4.48. The predicted molar refractivity (Wildman–Crippen MR) is 42.1 cm³/mol. The lowest BCUT2D eigenvalue weighted by atomic mass is 10.1. The third kappa shape index (κ3) is 2.20. The minimum absolute atomic E-state index is 0.159. The highest BCUT2D eigenvalue weighted by molar-refractivity contribution is 6.18. The average molecular weight is 201 g/mol. The van der Waals surface area contributed by atoms with E-state index in [9.17, 15) is 5.11 Å². The van der Waals surface area contributed by atoms with Gasteiger partial charge in [-0.2, -0.15) is 0 Å². The summed E-state index contributed by atoms with van der Waals surface area (Å²) in [5, 5.41) is 9.41. The standard InChI is InChI=1S/C6H10Cl2O3/c7-1-4-6(9)5(2-8)11-3-10-4/h4-6,9H,1-3H2/t4-,5+,6?. The lowest BCUT2D eigenvalue weighted by Gasteiger charge is -2.32. The molecule has 0 radical (unpaired) electrons. The van der Waals surface area contributed by atoms with Crippen LogP contribution in [-0.4, -0.2) is 42.0 Å². The first-order valence-electron chi connectivity index (χ1n) is 3.32. The summed E-state index contributed by atoms with van der Waals surface area (Å²) in [6, 6.07) is 0. The van der Waals surface area contributed by atoms with Crippen molar-refractivity contribution in [3.8, 4) is 0 Å². The van der Waals surface area contributed by atoms with Crippen molar-refractivity contribution >= 4 is 23.2 Å². The molecule has 0 aromatic carbocycles. The van der Waals surface area contributed by atoms with Crippen molar-refractivity contribution in [2.24, 2.45) is 0 Å². The van der Waals surface area contributed by atoms with Gasteiger partial charge in [-0.3, -0.25) is 0 Å². The fourth-order valence-corrected chi connectivity index (χ4v) is 1.47. The van der Waals surface area contributed by atoms with Gasteiger partial charge in [0.1, 0.15) is 25.1 Å². The maximum atomic E-state index is 9.41. The van der Waals surface area contributed by atoms with Crippen LogP contribution >= 0.6 is 23.2 Å². The molecule has 0 aliphatic carbocycles. The Hall–Kier alpha value is 0.460. The van der Waals surface area contributed by atoms with E-state index in [1.807, 2.05) is 0 Å². The first-order chi connectivity index (χ1) is 5.29. The average Bonchev–Trinajstić information content (AvgIpc) is 2.05. The summed E-state index contributed by atoms with van der Waals surface area (Å²) >= 11 is 11.0. The molecule has 11 heavy (non-hydrogen) atoms. The summed E-state index contributed by atoms with van der Waals surface area (Å²) in [5.41, 5.74) is 0. The molecule has 0 bridgehead atoms. The number of ether oxygens (including phenoxy) is 2. The molecule has 3 nitrogen and oxygen atoms in total. The fraction of sp³-hybridized carbons (Fsp3) is 1.00. The molecule has 0 amide bonds. The maximum Gasteiger partial charge on any atom is 0.147 e. The molecule has 1 rings (SSSR count). The van der Waals surface area contributed by atoms with E-state index in [0.717, 1.165) is 0 Å². The zero-order valence-corrected chi connectivity index (χ0v) is 7.38. The van der Waals surface area contributed by atoms with Crippen molar-refractivity contribution < 1.29 is 14.6 Å². The van der Waals surface area contributed by atoms with Crippen LogP contribution in [0.4, 0.5) is 0 Å². The van der Waals surface area contributed by atoms with E-state index in [0.29, 0.717) is 0 Å². The molecule has 5 heteroatoms. The Morgan fingerprint density at radius 2 is 1.64 bits per heavy atom. The predicted octanol–water partition coefficient (Wildman–Crippen LogP) is 0.566. The van der Waals surface area contributed by atoms with Crippen LogP contribution < -0.4 is 0 Å². The first kappa shape index (κ1) is 9.55. The van der Waals surface area contributed by atoms with E-state index in [1.54, 1.807) is 0 Å². The molecule has 1 aliphatic rings. The molecule has 0 saturated carbocycles. The molecule has 1 N–H and O–H groups in total. The number of aliphatic hydroxyl groups is 1. The van der Waals surface area contributed by atoms with Gasteiger partial charge in [0, 0.05) is 0 Å². The van der Waals surface area contributed by atoms with Gasteiger partial charge in [0.25, 0.3) is 0 Å². The van der Waals surface area contributed by atoms with Gasteiger partial charge >= 0.3 is 0 Å². The van der Waals surface area contributed by atoms with Crippen LogP contribution in [0.3, 0.4) is 0 Å². The highest BCUT2D eigenvalue weighted by Crippen LogP contribution is 2.16. The minimum atomic E-state index is -0.709. The van der Waals surface area contributed by atoms with Gasteiger partial charge in [-0.05, 0) is 0 Å². The number of alkyl halides is 2. The largest absolute Gasteiger partial charge is 0.388 e. The molecule has 1 heterocycles. The lowest BCUT2D eigenvalue weighted by molar-refractivity contribution is -0.217. The second-order valence-corrected chi connectivity index (χ2v) is 2.94. The molecular weight excluding hydrogens is 191 g/mol. The Bertz CT molecular complexity index is 110. The summed E-state index contributed by atoms with van der Waals surface area (Å²) in [7, 11) is 0. The molecule has 1 aliphatic heterocycles. The van der Waals surface area contributed by atoms with Crippen LogP contribution in [0.15, 0.2) is 0 Å². The number of hydrogen-bond acceptors (Lipinski definition) is 3. The van der Waals surface area contributed by atoms with Crippen LogP contribution in [0.2, 0.25) is 0 Å². The summed E-state index contributed by atoms with van der Waals surface area (Å²) in [4.78, 5) is 0. The van der Waals surface area contributed by atoms with E-state index in [1.165, 1.54) is 0 Å². The van der Waals surface area contributed by atoms with Crippen LogP contribution in [0.25, 0.3) is 0 Å². The molecule has 0 aromatic rings. The lowest BCUT2D eigenvalue weighted by Crippen LogP contribution is -2.47. The summed E-state index contributed by atoms with van der Waals surface area (Å²) < 4.78 is 10.0. The maximum absolute atomic E-state index is 9.41. The van der Waals surface area contributed by atoms with Gasteiger partial charge in [0.15, 0.2) is 0 Å². The number of halogens is 2. The van der Waals surface area contributed by atoms with Crippen molar-refractivity contribution in [3.63, 3.8) is 0 Å². The zero-order chi connectivity index (χ0) is 8.27. The van der Waals surface area contributed by atoms with Crippen molar-refractivity contribution in [1.82, 2.24) is 0 Å². The van der Waals surface area contributed by atoms with E-state index >= 15 is 0 Å². The highest BCUT2D eigenvalue weighted by atomic mass is 35.5. The summed E-state index contributed by atoms with van der Waals surface area (Å²) in [6.45, 7) is 0.159. The molecule has 1 saturated heterocycles. The smallest absolute Gasteiger partial charge is 0.147 e. The fourth-order valence-electron chi connectivity index (χ4n) is 0.922.